The van der Waals surface area contributed by atoms with Gasteiger partial charge in [0.15, 0.2) is 11.3 Å². The van der Waals surface area contributed by atoms with Crippen LogP contribution in [0.1, 0.15) is 0 Å². The summed E-state index contributed by atoms with van der Waals surface area (Å²) in [7, 11) is 0. The molecule has 6 rings (SSSR count). The monoisotopic (exact) mass is 528 g/mol. The van der Waals surface area contributed by atoms with Crippen LogP contribution in [-0.4, -0.2) is 51.8 Å². The number of nitrogens with zero attached hydrogens (tertiary/aromatic N) is 1. The highest BCUT2D eigenvalue weighted by Crippen LogP contribution is 2.45. The number of hydrogen-bond acceptors (Lipinski definition) is 8. The predicted molar refractivity (Wildman–Crippen MR) is 154 cm³/mol. The van der Waals surface area contributed by atoms with E-state index in [0.29, 0.717) is 56.2 Å². The van der Waals surface area contributed by atoms with E-state index in [4.69, 9.17) is 14.9 Å². The van der Waals surface area contributed by atoms with Crippen molar-refractivity contribution in [1.82, 2.24) is 5.32 Å². The SMILES string of the molecule is NCCNCC(=O)Nc1ccc(-c2cccc3c(=O)cc(N4CCOCC4)oc23)c2sc3ccccc3c12. The minimum atomic E-state index is -0.130. The summed E-state index contributed by atoms with van der Waals surface area (Å²) in [6.07, 6.45) is 0. The Kier molecular flexibility index (Phi) is 6.82. The van der Waals surface area contributed by atoms with Crippen molar-refractivity contribution in [2.24, 2.45) is 5.73 Å². The van der Waals surface area contributed by atoms with Crippen LogP contribution in [-0.2, 0) is 9.53 Å². The second-order valence-corrected chi connectivity index (χ2v) is 10.3. The number of para-hydroxylation sites is 1. The summed E-state index contributed by atoms with van der Waals surface area (Å²) < 4.78 is 14.0. The third-order valence-corrected chi connectivity index (χ3v) is 7.97. The molecule has 8 nitrogen and oxygen atoms in total. The zero-order valence-electron chi connectivity index (χ0n) is 20.8. The van der Waals surface area contributed by atoms with E-state index in [1.54, 1.807) is 23.5 Å². The molecule has 3 aromatic carbocycles. The van der Waals surface area contributed by atoms with E-state index in [-0.39, 0.29) is 17.9 Å². The number of nitrogens with two attached hydrogens (primary N) is 1. The number of ether oxygens (including phenoxy) is 1. The summed E-state index contributed by atoms with van der Waals surface area (Å²) in [5.41, 5.74) is 8.56. The number of rotatable bonds is 7. The Hall–Kier alpha value is -3.76. The summed E-state index contributed by atoms with van der Waals surface area (Å²) in [4.78, 5) is 27.9. The summed E-state index contributed by atoms with van der Waals surface area (Å²) >= 11 is 1.66. The van der Waals surface area contributed by atoms with Gasteiger partial charge in [0, 0.05) is 63.5 Å². The predicted octanol–water partition coefficient (Wildman–Crippen LogP) is 4.15. The lowest BCUT2D eigenvalue weighted by Gasteiger charge is -2.27. The van der Waals surface area contributed by atoms with Gasteiger partial charge in [0.2, 0.25) is 5.91 Å². The number of thiophene rings is 1. The summed E-state index contributed by atoms with van der Waals surface area (Å²) in [6, 6.07) is 19.3. The standard InChI is InChI=1S/C29H28N4O4S/c30-10-11-31-17-25(35)32-22-9-8-19(29-27(22)21-4-1-2-7-24(21)38-29)18-5-3-6-20-23(34)16-26(37-28(18)20)33-12-14-36-15-13-33/h1-9,16,31H,10-15,17,30H2,(H,32,35). The molecule has 1 amide bonds. The Morgan fingerprint density at radius 2 is 1.82 bits per heavy atom. The van der Waals surface area contributed by atoms with Crippen molar-refractivity contribution in [1.29, 1.82) is 0 Å². The maximum Gasteiger partial charge on any atom is 0.238 e. The normalized spacial score (nSPS) is 14.0. The first-order chi connectivity index (χ1) is 18.6. The third-order valence-electron chi connectivity index (χ3n) is 6.76. The topological polar surface area (TPSA) is 110 Å². The van der Waals surface area contributed by atoms with E-state index < -0.39 is 0 Å². The van der Waals surface area contributed by atoms with Crippen LogP contribution in [0.3, 0.4) is 0 Å². The van der Waals surface area contributed by atoms with Gasteiger partial charge in [-0.1, -0.05) is 36.4 Å². The quantitative estimate of drug-likeness (QED) is 0.272. The van der Waals surface area contributed by atoms with Gasteiger partial charge >= 0.3 is 0 Å². The zero-order valence-corrected chi connectivity index (χ0v) is 21.6. The lowest BCUT2D eigenvalue weighted by Crippen LogP contribution is -2.36. The molecule has 1 fully saturated rings. The van der Waals surface area contributed by atoms with Crippen molar-refractivity contribution in [3.63, 3.8) is 0 Å². The second kappa shape index (κ2) is 10.5. The maximum absolute atomic E-state index is 13.1. The van der Waals surface area contributed by atoms with Crippen LogP contribution in [0.2, 0.25) is 0 Å². The molecule has 2 aromatic heterocycles. The molecule has 3 heterocycles. The number of hydrogen-bond donors (Lipinski definition) is 3. The van der Waals surface area contributed by atoms with Crippen LogP contribution < -0.4 is 26.7 Å². The number of carbonyl (C=O) groups is 1. The Labute approximate surface area is 223 Å². The van der Waals surface area contributed by atoms with Crippen LogP contribution in [0, 0.1) is 0 Å². The molecule has 9 heteroatoms. The number of anilines is 2. The highest BCUT2D eigenvalue weighted by atomic mass is 32.1. The first kappa shape index (κ1) is 24.6. The number of nitrogens with one attached hydrogen (secondary N) is 2. The van der Waals surface area contributed by atoms with Crippen molar-refractivity contribution in [2.45, 2.75) is 0 Å². The molecular formula is C29H28N4O4S. The maximum atomic E-state index is 13.1. The Balaban J connectivity index is 1.52. The molecule has 194 valence electrons. The molecule has 0 radical (unpaired) electrons. The molecule has 0 saturated carbocycles. The summed E-state index contributed by atoms with van der Waals surface area (Å²) in [5.74, 6) is 0.425. The van der Waals surface area contributed by atoms with Crippen LogP contribution >= 0.6 is 11.3 Å². The lowest BCUT2D eigenvalue weighted by atomic mass is 9.99. The molecule has 0 spiro atoms. The van der Waals surface area contributed by atoms with Crippen LogP contribution in [0.4, 0.5) is 11.6 Å². The van der Waals surface area contributed by atoms with Gasteiger partial charge in [0.25, 0.3) is 0 Å². The minimum Gasteiger partial charge on any atom is -0.440 e. The molecule has 0 bridgehead atoms. The fourth-order valence-corrected chi connectivity index (χ4v) is 6.22. The lowest BCUT2D eigenvalue weighted by molar-refractivity contribution is -0.115. The first-order valence-corrected chi connectivity index (χ1v) is 13.5. The van der Waals surface area contributed by atoms with E-state index in [9.17, 15) is 9.59 Å². The Bertz CT molecular complexity index is 1700. The largest absolute Gasteiger partial charge is 0.440 e. The molecule has 38 heavy (non-hydrogen) atoms. The number of morpholine rings is 1. The van der Waals surface area contributed by atoms with E-state index in [1.807, 2.05) is 41.3 Å². The summed E-state index contributed by atoms with van der Waals surface area (Å²) in [6.45, 7) is 3.76. The van der Waals surface area contributed by atoms with E-state index in [1.165, 1.54) is 0 Å². The summed E-state index contributed by atoms with van der Waals surface area (Å²) in [5, 5.41) is 8.69. The minimum absolute atomic E-state index is 0.0731. The highest BCUT2D eigenvalue weighted by Gasteiger charge is 2.20. The molecule has 0 unspecified atom stereocenters. The average molecular weight is 529 g/mol. The van der Waals surface area contributed by atoms with Crippen LogP contribution in [0.15, 0.2) is 69.9 Å². The Morgan fingerprint density at radius 1 is 1.00 bits per heavy atom. The molecule has 1 aliphatic heterocycles. The van der Waals surface area contributed by atoms with Crippen molar-refractivity contribution in [3.05, 3.63) is 70.9 Å². The van der Waals surface area contributed by atoms with Gasteiger partial charge in [0.1, 0.15) is 5.58 Å². The Morgan fingerprint density at radius 3 is 2.66 bits per heavy atom. The number of benzene rings is 3. The van der Waals surface area contributed by atoms with Crippen LogP contribution in [0.5, 0.6) is 0 Å². The van der Waals surface area contributed by atoms with Gasteiger partial charge in [-0.2, -0.15) is 0 Å². The number of amides is 1. The molecule has 1 aliphatic rings. The molecule has 0 aliphatic carbocycles. The fourth-order valence-electron chi connectivity index (χ4n) is 4.96. The van der Waals surface area contributed by atoms with Gasteiger partial charge in [-0.3, -0.25) is 9.59 Å². The van der Waals surface area contributed by atoms with Crippen molar-refractivity contribution < 1.29 is 13.9 Å². The highest BCUT2D eigenvalue weighted by molar-refractivity contribution is 7.26. The van der Waals surface area contributed by atoms with Gasteiger partial charge in [-0.15, -0.1) is 11.3 Å². The van der Waals surface area contributed by atoms with E-state index in [2.05, 4.69) is 22.8 Å². The average Bonchev–Trinajstić information content (AvgIpc) is 3.34. The van der Waals surface area contributed by atoms with Gasteiger partial charge in [-0.05, 0) is 18.2 Å². The molecule has 1 saturated heterocycles. The van der Waals surface area contributed by atoms with Gasteiger partial charge in [-0.25, -0.2) is 0 Å². The molecule has 0 atom stereocenters. The number of fused-ring (bicyclic) bond motifs is 4. The second-order valence-electron chi connectivity index (χ2n) is 9.21. The molecular weight excluding hydrogens is 500 g/mol. The van der Waals surface area contributed by atoms with E-state index in [0.717, 1.165) is 37.0 Å². The first-order valence-electron chi connectivity index (χ1n) is 12.7. The zero-order chi connectivity index (χ0) is 26.1. The van der Waals surface area contributed by atoms with Crippen molar-refractivity contribution in [2.75, 3.05) is 56.2 Å². The van der Waals surface area contributed by atoms with Crippen LogP contribution in [0.25, 0.3) is 42.3 Å². The molecule has 4 N–H and O–H groups in total. The van der Waals surface area contributed by atoms with Crippen molar-refractivity contribution >= 4 is 60.0 Å². The van der Waals surface area contributed by atoms with Gasteiger partial charge < -0.3 is 30.4 Å². The van der Waals surface area contributed by atoms with E-state index >= 15 is 0 Å². The third kappa shape index (κ3) is 4.54. The van der Waals surface area contributed by atoms with Crippen molar-refractivity contribution in [3.8, 4) is 11.1 Å². The number of carbonyl (C=O) groups excluding carboxylic acids is 1. The van der Waals surface area contributed by atoms with Gasteiger partial charge in [0.05, 0.1) is 30.8 Å². The smallest absolute Gasteiger partial charge is 0.238 e. The fraction of sp³-hybridized carbons (Fsp3) is 0.241. The molecule has 5 aromatic rings.